The number of sulfonamides is 2. The smallest absolute Gasteiger partial charge is 0.242 e. The molecule has 0 aliphatic heterocycles. The summed E-state index contributed by atoms with van der Waals surface area (Å²) in [6.07, 6.45) is -0.432. The van der Waals surface area contributed by atoms with Gasteiger partial charge in [0, 0.05) is 26.2 Å². The lowest BCUT2D eigenvalue weighted by molar-refractivity contribution is -0.114. The second kappa shape index (κ2) is 9.73. The highest BCUT2D eigenvalue weighted by atomic mass is 32.2. The van der Waals surface area contributed by atoms with Crippen molar-refractivity contribution in [1.82, 2.24) is 4.31 Å². The Morgan fingerprint density at radius 1 is 1.03 bits per heavy atom. The van der Waals surface area contributed by atoms with Crippen LogP contribution in [0.3, 0.4) is 0 Å². The van der Waals surface area contributed by atoms with Crippen molar-refractivity contribution in [3.05, 3.63) is 54.3 Å². The first-order valence-electron chi connectivity index (χ1n) is 9.06. The number of aliphatic hydroxyl groups is 1. The van der Waals surface area contributed by atoms with Gasteiger partial charge in [-0.15, -0.1) is 0 Å². The molecule has 0 unspecified atom stereocenters. The Kier molecular flexibility index (Phi) is 7.76. The Labute approximate surface area is 181 Å². The molecule has 0 aliphatic rings. The van der Waals surface area contributed by atoms with Crippen molar-refractivity contribution in [2.45, 2.75) is 17.9 Å². The number of carbonyl (C=O) groups excluding carboxylic acids is 1. The average Bonchev–Trinajstić information content (AvgIpc) is 2.66. The molecule has 0 aromatic heterocycles. The van der Waals surface area contributed by atoms with Crippen LogP contribution in [-0.4, -0.2) is 64.7 Å². The van der Waals surface area contributed by atoms with E-state index in [9.17, 15) is 31.1 Å². The highest BCUT2D eigenvalue weighted by molar-refractivity contribution is 7.92. The van der Waals surface area contributed by atoms with E-state index >= 15 is 0 Å². The second-order valence-corrected chi connectivity index (χ2v) is 10.9. The highest BCUT2D eigenvalue weighted by Crippen LogP contribution is 2.20. The topological polar surface area (TPSA) is 124 Å². The van der Waals surface area contributed by atoms with Crippen molar-refractivity contribution in [2.24, 2.45) is 0 Å². The Bertz CT molecular complexity index is 1120. The van der Waals surface area contributed by atoms with Gasteiger partial charge in [0.2, 0.25) is 26.0 Å². The van der Waals surface area contributed by atoms with E-state index in [0.717, 1.165) is 27.0 Å². The van der Waals surface area contributed by atoms with Gasteiger partial charge >= 0.3 is 0 Å². The predicted octanol–water partition coefficient (Wildman–Crippen LogP) is 1.23. The SMILES string of the molecule is CC(=O)Nc1ccc(S(=O)(=O)N(C)C[C@H](O)CN(c2ccc(F)cc2)S(C)(=O)=O)cc1. The normalized spacial score (nSPS) is 13.1. The minimum atomic E-state index is -3.98. The van der Waals surface area contributed by atoms with Gasteiger partial charge in [-0.3, -0.25) is 9.10 Å². The third-order valence-corrected chi connectivity index (χ3v) is 7.24. The molecule has 0 saturated heterocycles. The Hall–Kier alpha value is -2.54. The van der Waals surface area contributed by atoms with E-state index in [2.05, 4.69) is 5.32 Å². The van der Waals surface area contributed by atoms with Crippen LogP contribution < -0.4 is 9.62 Å². The van der Waals surface area contributed by atoms with E-state index in [0.29, 0.717) is 5.69 Å². The number of likely N-dealkylation sites (N-methyl/N-ethyl adjacent to an activating group) is 1. The maximum atomic E-state index is 13.1. The van der Waals surface area contributed by atoms with Crippen LogP contribution in [0.2, 0.25) is 0 Å². The van der Waals surface area contributed by atoms with Crippen LogP contribution in [0.1, 0.15) is 6.92 Å². The zero-order valence-electron chi connectivity index (χ0n) is 17.2. The van der Waals surface area contributed by atoms with E-state index in [1.54, 1.807) is 0 Å². The molecular formula is C19H24FN3O6S2. The fraction of sp³-hybridized carbons (Fsp3) is 0.316. The zero-order valence-corrected chi connectivity index (χ0v) is 18.8. The molecule has 1 amide bonds. The highest BCUT2D eigenvalue weighted by Gasteiger charge is 2.26. The van der Waals surface area contributed by atoms with E-state index in [4.69, 9.17) is 0 Å². The lowest BCUT2D eigenvalue weighted by atomic mass is 10.3. The first kappa shape index (κ1) is 24.7. The third kappa shape index (κ3) is 6.72. The van der Waals surface area contributed by atoms with Gasteiger partial charge in [0.15, 0.2) is 0 Å². The number of hydrogen-bond donors (Lipinski definition) is 2. The van der Waals surface area contributed by atoms with E-state index in [-0.39, 0.29) is 23.0 Å². The van der Waals surface area contributed by atoms with Gasteiger partial charge in [0.1, 0.15) is 5.82 Å². The Balaban J connectivity index is 2.14. The Morgan fingerprint density at radius 3 is 2.06 bits per heavy atom. The largest absolute Gasteiger partial charge is 0.390 e. The first-order chi connectivity index (χ1) is 14.3. The van der Waals surface area contributed by atoms with Crippen LogP contribution >= 0.6 is 0 Å². The van der Waals surface area contributed by atoms with Crippen LogP contribution in [-0.2, 0) is 24.8 Å². The van der Waals surface area contributed by atoms with Crippen molar-refractivity contribution in [3.8, 4) is 0 Å². The van der Waals surface area contributed by atoms with Crippen LogP contribution in [0, 0.1) is 5.82 Å². The number of carbonyl (C=O) groups is 1. The molecule has 0 saturated carbocycles. The standard InChI is InChI=1S/C19H24FN3O6S2/c1-14(24)21-16-6-10-19(11-7-16)31(28,29)22(2)12-18(25)13-23(30(3,26)27)17-8-4-15(20)5-9-17/h4-11,18,25H,12-13H2,1-3H3,(H,21,24)/t18-/m0/s1. The number of aliphatic hydroxyl groups excluding tert-OH is 1. The Morgan fingerprint density at radius 2 is 1.58 bits per heavy atom. The van der Waals surface area contributed by atoms with Gasteiger partial charge in [-0.2, -0.15) is 4.31 Å². The molecule has 170 valence electrons. The summed E-state index contributed by atoms with van der Waals surface area (Å²) < 4.78 is 64.7. The minimum Gasteiger partial charge on any atom is -0.390 e. The molecule has 0 bridgehead atoms. The number of halogens is 1. The number of benzene rings is 2. The summed E-state index contributed by atoms with van der Waals surface area (Å²) in [6.45, 7) is 0.514. The summed E-state index contributed by atoms with van der Waals surface area (Å²) >= 11 is 0. The molecule has 9 nitrogen and oxygen atoms in total. The number of rotatable bonds is 9. The number of nitrogens with one attached hydrogen (secondary N) is 1. The average molecular weight is 474 g/mol. The fourth-order valence-electron chi connectivity index (χ4n) is 2.78. The van der Waals surface area contributed by atoms with E-state index in [1.165, 1.54) is 50.4 Å². The number of amides is 1. The van der Waals surface area contributed by atoms with Gasteiger partial charge in [0.25, 0.3) is 0 Å². The van der Waals surface area contributed by atoms with Crippen molar-refractivity contribution >= 4 is 37.3 Å². The van der Waals surface area contributed by atoms with Crippen molar-refractivity contribution in [3.63, 3.8) is 0 Å². The van der Waals surface area contributed by atoms with Gasteiger partial charge in [-0.25, -0.2) is 21.2 Å². The molecule has 2 aromatic rings. The molecule has 2 N–H and O–H groups in total. The lowest BCUT2D eigenvalue weighted by Gasteiger charge is -2.27. The summed E-state index contributed by atoms with van der Waals surface area (Å²) in [7, 11) is -6.54. The molecule has 0 fully saturated rings. The van der Waals surface area contributed by atoms with Crippen LogP contribution in [0.4, 0.5) is 15.8 Å². The monoisotopic (exact) mass is 473 g/mol. The van der Waals surface area contributed by atoms with Gasteiger partial charge in [-0.05, 0) is 48.5 Å². The molecule has 2 rings (SSSR count). The van der Waals surface area contributed by atoms with Crippen LogP contribution in [0.25, 0.3) is 0 Å². The van der Waals surface area contributed by atoms with Gasteiger partial charge in [0.05, 0.1) is 29.5 Å². The third-order valence-electron chi connectivity index (χ3n) is 4.24. The first-order valence-corrected chi connectivity index (χ1v) is 12.3. The zero-order chi connectivity index (χ0) is 23.4. The van der Waals surface area contributed by atoms with E-state index in [1.807, 2.05) is 0 Å². The molecule has 31 heavy (non-hydrogen) atoms. The molecule has 12 heteroatoms. The molecular weight excluding hydrogens is 449 g/mol. The van der Waals surface area contributed by atoms with Crippen molar-refractivity contribution in [2.75, 3.05) is 36.0 Å². The fourth-order valence-corrected chi connectivity index (χ4v) is 4.93. The number of nitrogens with zero attached hydrogens (tertiary/aromatic N) is 2. The summed E-state index contributed by atoms with van der Waals surface area (Å²) in [4.78, 5) is 11.0. The summed E-state index contributed by atoms with van der Waals surface area (Å²) in [5.41, 5.74) is 0.569. The summed E-state index contributed by atoms with van der Waals surface area (Å²) in [5.74, 6) is -0.847. The quantitative estimate of drug-likeness (QED) is 0.565. The van der Waals surface area contributed by atoms with E-state index < -0.39 is 38.5 Å². The van der Waals surface area contributed by atoms with Crippen LogP contribution in [0.15, 0.2) is 53.4 Å². The van der Waals surface area contributed by atoms with Crippen LogP contribution in [0.5, 0.6) is 0 Å². The van der Waals surface area contributed by atoms with Crippen molar-refractivity contribution in [1.29, 1.82) is 0 Å². The number of hydrogen-bond acceptors (Lipinski definition) is 6. The molecule has 0 spiro atoms. The molecule has 0 heterocycles. The minimum absolute atomic E-state index is 0.0604. The molecule has 0 aliphatic carbocycles. The van der Waals surface area contributed by atoms with Gasteiger partial charge < -0.3 is 10.4 Å². The predicted molar refractivity (Wildman–Crippen MR) is 115 cm³/mol. The number of anilines is 2. The van der Waals surface area contributed by atoms with Crippen molar-refractivity contribution < 1.29 is 31.1 Å². The molecule has 2 aromatic carbocycles. The summed E-state index contributed by atoms with van der Waals surface area (Å²) in [6, 6.07) is 10.1. The molecule has 1 atom stereocenters. The second-order valence-electron chi connectivity index (χ2n) is 6.92. The molecule has 0 radical (unpaired) electrons. The summed E-state index contributed by atoms with van der Waals surface area (Å²) in [5, 5.41) is 12.9. The maximum absolute atomic E-state index is 13.1. The van der Waals surface area contributed by atoms with Gasteiger partial charge in [-0.1, -0.05) is 0 Å². The maximum Gasteiger partial charge on any atom is 0.242 e. The lowest BCUT2D eigenvalue weighted by Crippen LogP contribution is -2.43.